The van der Waals surface area contributed by atoms with Crippen LogP contribution in [0.15, 0.2) is 42.6 Å². The van der Waals surface area contributed by atoms with Crippen LogP contribution in [-0.4, -0.2) is 21.1 Å². The number of carbonyl (C=O) groups is 1. The van der Waals surface area contributed by atoms with Gasteiger partial charge < -0.3 is 5.32 Å². The fourth-order valence-corrected chi connectivity index (χ4v) is 2.69. The van der Waals surface area contributed by atoms with E-state index in [2.05, 4.69) is 20.5 Å². The number of aromatic amines is 1. The first kappa shape index (κ1) is 16.2. The summed E-state index contributed by atoms with van der Waals surface area (Å²) in [5, 5.41) is 10.3. The van der Waals surface area contributed by atoms with Crippen molar-refractivity contribution in [2.45, 2.75) is 20.4 Å². The first-order chi connectivity index (χ1) is 11.6. The SMILES string of the molecule is Cc1n[nH]c(C)c1CNC(=O)c1cc(-c2ccccn2)ccc1Cl. The number of nitrogens with zero attached hydrogens (tertiary/aromatic N) is 2. The molecule has 3 aromatic rings. The molecule has 0 aliphatic heterocycles. The molecule has 0 aliphatic carbocycles. The second-order valence-electron chi connectivity index (χ2n) is 5.50. The lowest BCUT2D eigenvalue weighted by molar-refractivity contribution is 0.0951. The number of nitrogens with one attached hydrogen (secondary N) is 2. The van der Waals surface area contributed by atoms with Crippen molar-refractivity contribution in [3.63, 3.8) is 0 Å². The summed E-state index contributed by atoms with van der Waals surface area (Å²) in [7, 11) is 0. The van der Waals surface area contributed by atoms with Gasteiger partial charge in [-0.3, -0.25) is 14.9 Å². The molecule has 0 saturated heterocycles. The highest BCUT2D eigenvalue weighted by atomic mass is 35.5. The number of halogens is 1. The Hall–Kier alpha value is -2.66. The molecule has 24 heavy (non-hydrogen) atoms. The van der Waals surface area contributed by atoms with Gasteiger partial charge in [-0.15, -0.1) is 0 Å². The predicted molar refractivity (Wildman–Crippen MR) is 93.9 cm³/mol. The van der Waals surface area contributed by atoms with Crippen molar-refractivity contribution in [2.24, 2.45) is 0 Å². The second kappa shape index (κ2) is 6.84. The third-order valence-electron chi connectivity index (χ3n) is 3.88. The lowest BCUT2D eigenvalue weighted by atomic mass is 10.1. The Morgan fingerprint density at radius 1 is 1.25 bits per heavy atom. The van der Waals surface area contributed by atoms with E-state index in [1.54, 1.807) is 18.3 Å². The van der Waals surface area contributed by atoms with Crippen molar-refractivity contribution in [3.05, 3.63) is 70.1 Å². The van der Waals surface area contributed by atoms with E-state index in [4.69, 9.17) is 11.6 Å². The summed E-state index contributed by atoms with van der Waals surface area (Å²) in [6.45, 7) is 4.23. The highest BCUT2D eigenvalue weighted by molar-refractivity contribution is 6.34. The number of aryl methyl sites for hydroxylation is 2. The number of hydrogen-bond acceptors (Lipinski definition) is 3. The molecular formula is C18H17ClN4O. The number of amides is 1. The van der Waals surface area contributed by atoms with Gasteiger partial charge in [0.05, 0.1) is 22.0 Å². The van der Waals surface area contributed by atoms with E-state index in [9.17, 15) is 4.79 Å². The summed E-state index contributed by atoms with van der Waals surface area (Å²) in [5.41, 5.74) is 4.88. The molecular weight excluding hydrogens is 324 g/mol. The van der Waals surface area contributed by atoms with Gasteiger partial charge >= 0.3 is 0 Å². The van der Waals surface area contributed by atoms with E-state index in [1.165, 1.54) is 0 Å². The van der Waals surface area contributed by atoms with Crippen LogP contribution in [0.5, 0.6) is 0 Å². The van der Waals surface area contributed by atoms with E-state index in [-0.39, 0.29) is 5.91 Å². The van der Waals surface area contributed by atoms with E-state index < -0.39 is 0 Å². The van der Waals surface area contributed by atoms with E-state index in [0.29, 0.717) is 17.1 Å². The second-order valence-corrected chi connectivity index (χ2v) is 5.91. The number of pyridine rings is 1. The zero-order valence-electron chi connectivity index (χ0n) is 13.4. The highest BCUT2D eigenvalue weighted by Crippen LogP contribution is 2.24. The minimum absolute atomic E-state index is 0.224. The van der Waals surface area contributed by atoms with Crippen LogP contribution in [0.4, 0.5) is 0 Å². The van der Waals surface area contributed by atoms with Gasteiger partial charge in [-0.25, -0.2) is 0 Å². The van der Waals surface area contributed by atoms with Gasteiger partial charge in [0, 0.05) is 29.6 Å². The first-order valence-corrected chi connectivity index (χ1v) is 7.93. The molecule has 6 heteroatoms. The Labute approximate surface area is 145 Å². The van der Waals surface area contributed by atoms with Crippen molar-refractivity contribution in [1.82, 2.24) is 20.5 Å². The maximum atomic E-state index is 12.5. The van der Waals surface area contributed by atoms with E-state index >= 15 is 0 Å². The first-order valence-electron chi connectivity index (χ1n) is 7.56. The molecule has 0 aliphatic rings. The number of benzene rings is 1. The molecule has 0 bridgehead atoms. The van der Waals surface area contributed by atoms with Crippen LogP contribution < -0.4 is 5.32 Å². The van der Waals surface area contributed by atoms with Crippen LogP contribution in [0.1, 0.15) is 27.3 Å². The molecule has 0 saturated carbocycles. The number of H-pyrrole nitrogens is 1. The van der Waals surface area contributed by atoms with Gasteiger partial charge in [-0.2, -0.15) is 5.10 Å². The van der Waals surface area contributed by atoms with Gasteiger partial charge in [-0.05, 0) is 38.1 Å². The molecule has 2 aromatic heterocycles. The number of hydrogen-bond donors (Lipinski definition) is 2. The molecule has 1 aromatic carbocycles. The van der Waals surface area contributed by atoms with Crippen molar-refractivity contribution in [1.29, 1.82) is 0 Å². The standard InChI is InChI=1S/C18H17ClN4O/c1-11-15(12(2)23-22-11)10-21-18(24)14-9-13(6-7-16(14)19)17-5-3-4-8-20-17/h3-9H,10H2,1-2H3,(H,21,24)(H,22,23). The van der Waals surface area contributed by atoms with Crippen molar-refractivity contribution in [2.75, 3.05) is 0 Å². The number of rotatable bonds is 4. The highest BCUT2D eigenvalue weighted by Gasteiger charge is 2.14. The predicted octanol–water partition coefficient (Wildman–Crippen LogP) is 3.67. The van der Waals surface area contributed by atoms with E-state index in [1.807, 2.05) is 38.1 Å². The Morgan fingerprint density at radius 3 is 2.75 bits per heavy atom. The van der Waals surface area contributed by atoms with Crippen LogP contribution in [0.3, 0.4) is 0 Å². The average molecular weight is 341 g/mol. The molecule has 0 unspecified atom stereocenters. The summed E-state index contributed by atoms with van der Waals surface area (Å²) >= 11 is 6.20. The smallest absolute Gasteiger partial charge is 0.253 e. The minimum atomic E-state index is -0.224. The maximum Gasteiger partial charge on any atom is 0.253 e. The summed E-state index contributed by atoms with van der Waals surface area (Å²) < 4.78 is 0. The van der Waals surface area contributed by atoms with Gasteiger partial charge in [0.15, 0.2) is 0 Å². The van der Waals surface area contributed by atoms with Crippen molar-refractivity contribution in [3.8, 4) is 11.3 Å². The Morgan fingerprint density at radius 2 is 2.08 bits per heavy atom. The Kier molecular flexibility index (Phi) is 4.62. The number of aromatic nitrogens is 3. The van der Waals surface area contributed by atoms with Gasteiger partial charge in [0.1, 0.15) is 0 Å². The quantitative estimate of drug-likeness (QED) is 0.761. The topological polar surface area (TPSA) is 70.7 Å². The van der Waals surface area contributed by atoms with Crippen LogP contribution >= 0.6 is 11.6 Å². The fraction of sp³-hybridized carbons (Fsp3) is 0.167. The lowest BCUT2D eigenvalue weighted by Crippen LogP contribution is -2.23. The fourth-order valence-electron chi connectivity index (χ4n) is 2.49. The molecule has 2 heterocycles. The van der Waals surface area contributed by atoms with Crippen LogP contribution in [0, 0.1) is 13.8 Å². The normalized spacial score (nSPS) is 10.6. The van der Waals surface area contributed by atoms with Crippen molar-refractivity contribution >= 4 is 17.5 Å². The number of carbonyl (C=O) groups excluding carboxylic acids is 1. The van der Waals surface area contributed by atoms with Crippen LogP contribution in [-0.2, 0) is 6.54 Å². The van der Waals surface area contributed by atoms with Crippen molar-refractivity contribution < 1.29 is 4.79 Å². The molecule has 0 atom stereocenters. The maximum absolute atomic E-state index is 12.5. The molecule has 5 nitrogen and oxygen atoms in total. The summed E-state index contributed by atoms with van der Waals surface area (Å²) in [4.78, 5) is 16.8. The Balaban J connectivity index is 1.82. The molecule has 0 radical (unpaired) electrons. The molecule has 1 amide bonds. The molecule has 3 rings (SSSR count). The van der Waals surface area contributed by atoms with Gasteiger partial charge in [0.25, 0.3) is 5.91 Å². The molecule has 0 fully saturated rings. The Bertz CT molecular complexity index is 854. The van der Waals surface area contributed by atoms with Gasteiger partial charge in [0.2, 0.25) is 0 Å². The van der Waals surface area contributed by atoms with Gasteiger partial charge in [-0.1, -0.05) is 23.7 Å². The van der Waals surface area contributed by atoms with Crippen LogP contribution in [0.25, 0.3) is 11.3 Å². The van der Waals surface area contributed by atoms with E-state index in [0.717, 1.165) is 28.2 Å². The third kappa shape index (κ3) is 3.31. The average Bonchev–Trinajstić information content (AvgIpc) is 2.92. The zero-order valence-corrected chi connectivity index (χ0v) is 14.2. The lowest BCUT2D eigenvalue weighted by Gasteiger charge is -2.09. The summed E-state index contributed by atoms with van der Waals surface area (Å²) in [6, 6.07) is 11.0. The summed E-state index contributed by atoms with van der Waals surface area (Å²) in [6.07, 6.45) is 1.72. The monoisotopic (exact) mass is 340 g/mol. The largest absolute Gasteiger partial charge is 0.348 e. The molecule has 122 valence electrons. The third-order valence-corrected chi connectivity index (χ3v) is 4.21. The summed E-state index contributed by atoms with van der Waals surface area (Å²) in [5.74, 6) is -0.224. The molecule has 0 spiro atoms. The minimum Gasteiger partial charge on any atom is -0.348 e. The van der Waals surface area contributed by atoms with Crippen LogP contribution in [0.2, 0.25) is 5.02 Å². The molecule has 2 N–H and O–H groups in total. The zero-order chi connectivity index (χ0) is 17.1.